The van der Waals surface area contributed by atoms with Crippen molar-refractivity contribution < 1.29 is 28.5 Å². The van der Waals surface area contributed by atoms with Gasteiger partial charge >= 0.3 is 6.09 Å². The zero-order chi connectivity index (χ0) is 25.5. The van der Waals surface area contributed by atoms with E-state index in [0.717, 1.165) is 61.3 Å². The lowest BCUT2D eigenvalue weighted by Crippen LogP contribution is -2.37. The maximum absolute atomic E-state index is 12.3. The number of fused-ring (bicyclic) bond motifs is 1. The van der Waals surface area contributed by atoms with E-state index in [4.69, 9.17) is 23.7 Å². The molecule has 1 aromatic heterocycles. The van der Waals surface area contributed by atoms with Crippen molar-refractivity contribution in [1.29, 1.82) is 0 Å². The number of ether oxygens (including phenoxy) is 5. The summed E-state index contributed by atoms with van der Waals surface area (Å²) in [7, 11) is 3.18. The smallest absolute Gasteiger partial charge is 0.411 e. The molecule has 192 valence electrons. The molecule has 0 atom stereocenters. The van der Waals surface area contributed by atoms with Crippen LogP contribution in [0.4, 0.5) is 10.5 Å². The summed E-state index contributed by atoms with van der Waals surface area (Å²) >= 11 is 0. The molecule has 0 saturated carbocycles. The number of anilines is 1. The number of amides is 1. The Balaban J connectivity index is 1.40. The lowest BCUT2D eigenvalue weighted by Gasteiger charge is -2.26. The molecule has 1 N–H and O–H groups in total. The summed E-state index contributed by atoms with van der Waals surface area (Å²) in [6, 6.07) is 9.13. The van der Waals surface area contributed by atoms with Gasteiger partial charge in [-0.2, -0.15) is 0 Å². The van der Waals surface area contributed by atoms with Crippen LogP contribution in [-0.2, 0) is 9.47 Å². The highest BCUT2D eigenvalue weighted by atomic mass is 16.5. The van der Waals surface area contributed by atoms with E-state index in [0.29, 0.717) is 35.3 Å². The molecule has 2 heterocycles. The minimum atomic E-state index is -0.464. The fraction of sp³-hybridized carbons (Fsp3) is 0.407. The average Bonchev–Trinajstić information content (AvgIpc) is 2.90. The van der Waals surface area contributed by atoms with Crippen LogP contribution in [0.25, 0.3) is 10.9 Å². The summed E-state index contributed by atoms with van der Waals surface area (Å²) in [4.78, 5) is 19.1. The van der Waals surface area contributed by atoms with Crippen molar-refractivity contribution in [3.05, 3.63) is 47.7 Å². The number of hydrogen-bond donors (Lipinski definition) is 1. The molecule has 0 bridgehead atoms. The zero-order valence-electron chi connectivity index (χ0n) is 21.3. The second-order valence-corrected chi connectivity index (χ2v) is 8.57. The van der Waals surface area contributed by atoms with Crippen molar-refractivity contribution >= 4 is 22.7 Å². The van der Waals surface area contributed by atoms with E-state index >= 15 is 0 Å². The minimum absolute atomic E-state index is 0.367. The number of morpholine rings is 1. The average molecular weight is 496 g/mol. The first-order valence-electron chi connectivity index (χ1n) is 12.0. The van der Waals surface area contributed by atoms with E-state index in [-0.39, 0.29) is 0 Å². The number of hydrogen-bond acceptors (Lipinski definition) is 8. The first kappa shape index (κ1) is 25.5. The van der Waals surface area contributed by atoms with Gasteiger partial charge in [-0.05, 0) is 55.7 Å². The Hall–Kier alpha value is -3.56. The third kappa shape index (κ3) is 5.98. The lowest BCUT2D eigenvalue weighted by atomic mass is 10.1. The number of nitrogens with zero attached hydrogens (tertiary/aromatic N) is 2. The van der Waals surface area contributed by atoms with Gasteiger partial charge in [-0.15, -0.1) is 0 Å². The van der Waals surface area contributed by atoms with E-state index in [1.54, 1.807) is 20.4 Å². The quantitative estimate of drug-likeness (QED) is 0.418. The summed E-state index contributed by atoms with van der Waals surface area (Å²) < 4.78 is 27.8. The van der Waals surface area contributed by atoms with Crippen LogP contribution < -0.4 is 19.5 Å². The van der Waals surface area contributed by atoms with Crippen molar-refractivity contribution in [3.8, 4) is 23.0 Å². The van der Waals surface area contributed by atoms with E-state index in [9.17, 15) is 4.79 Å². The number of carbonyl (C=O) groups excluding carboxylic acids is 1. The van der Waals surface area contributed by atoms with Gasteiger partial charge in [-0.1, -0.05) is 0 Å². The number of carbonyl (C=O) groups is 1. The molecular weight excluding hydrogens is 462 g/mol. The van der Waals surface area contributed by atoms with Gasteiger partial charge in [0, 0.05) is 43.0 Å². The van der Waals surface area contributed by atoms with Crippen molar-refractivity contribution in [3.63, 3.8) is 0 Å². The van der Waals surface area contributed by atoms with Crippen LogP contribution in [0.5, 0.6) is 23.0 Å². The second kappa shape index (κ2) is 11.9. The second-order valence-electron chi connectivity index (χ2n) is 8.57. The highest BCUT2D eigenvalue weighted by Crippen LogP contribution is 2.38. The number of rotatable bonds is 9. The van der Waals surface area contributed by atoms with Crippen LogP contribution in [0.3, 0.4) is 0 Å². The van der Waals surface area contributed by atoms with Gasteiger partial charge in [0.05, 0.1) is 39.6 Å². The van der Waals surface area contributed by atoms with Crippen LogP contribution >= 0.6 is 0 Å². The minimum Gasteiger partial charge on any atom is -0.493 e. The largest absolute Gasteiger partial charge is 0.493 e. The van der Waals surface area contributed by atoms with Crippen LogP contribution in [0.1, 0.15) is 17.5 Å². The maximum atomic E-state index is 12.3. The van der Waals surface area contributed by atoms with Crippen LogP contribution in [-0.4, -0.2) is 69.7 Å². The molecule has 1 saturated heterocycles. The molecule has 9 nitrogen and oxygen atoms in total. The third-order valence-electron chi connectivity index (χ3n) is 6.36. The summed E-state index contributed by atoms with van der Waals surface area (Å²) in [5.74, 6) is 2.52. The van der Waals surface area contributed by atoms with Crippen LogP contribution in [0.2, 0.25) is 0 Å². The number of nitrogens with one attached hydrogen (secondary N) is 1. The lowest BCUT2D eigenvalue weighted by molar-refractivity contribution is 0.0348. The normalized spacial score (nSPS) is 13.9. The summed E-state index contributed by atoms with van der Waals surface area (Å²) in [6.07, 6.45) is 2.01. The molecule has 1 aliphatic rings. The SMILES string of the molecule is COc1cc2nccc(Oc3ccc(NC(=O)OCCCN4CCOCC4)c(C)c3C)c2cc1OC. The fourth-order valence-corrected chi connectivity index (χ4v) is 4.12. The zero-order valence-corrected chi connectivity index (χ0v) is 21.3. The highest BCUT2D eigenvalue weighted by Gasteiger charge is 2.15. The molecular formula is C27H33N3O6. The molecule has 1 fully saturated rings. The molecule has 4 rings (SSSR count). The van der Waals surface area contributed by atoms with Crippen LogP contribution in [0.15, 0.2) is 36.5 Å². The Morgan fingerprint density at radius 3 is 2.50 bits per heavy atom. The summed E-state index contributed by atoms with van der Waals surface area (Å²) in [6.45, 7) is 8.53. The molecule has 3 aromatic rings. The summed E-state index contributed by atoms with van der Waals surface area (Å²) in [5.41, 5.74) is 3.22. The van der Waals surface area contributed by atoms with Crippen molar-refractivity contribution in [2.45, 2.75) is 20.3 Å². The Bertz CT molecular complexity index is 1210. The Kier molecular flexibility index (Phi) is 8.45. The molecule has 0 unspecified atom stereocenters. The van der Waals surface area contributed by atoms with Gasteiger partial charge < -0.3 is 23.7 Å². The third-order valence-corrected chi connectivity index (χ3v) is 6.36. The first-order chi connectivity index (χ1) is 17.5. The number of benzene rings is 2. The van der Waals surface area contributed by atoms with Gasteiger partial charge in [-0.25, -0.2) is 4.79 Å². The number of pyridine rings is 1. The summed E-state index contributed by atoms with van der Waals surface area (Å²) in [5, 5.41) is 3.65. The van der Waals surface area contributed by atoms with Gasteiger partial charge in [0.25, 0.3) is 0 Å². The van der Waals surface area contributed by atoms with Gasteiger partial charge in [0.2, 0.25) is 0 Å². The van der Waals surface area contributed by atoms with Gasteiger partial charge in [0.15, 0.2) is 11.5 Å². The molecule has 0 spiro atoms. The van der Waals surface area contributed by atoms with Crippen molar-refractivity contribution in [2.24, 2.45) is 0 Å². The van der Waals surface area contributed by atoms with Crippen molar-refractivity contribution in [1.82, 2.24) is 9.88 Å². The highest BCUT2D eigenvalue weighted by molar-refractivity contribution is 5.89. The van der Waals surface area contributed by atoms with E-state index in [1.807, 2.05) is 44.2 Å². The number of aromatic nitrogens is 1. The topological polar surface area (TPSA) is 91.4 Å². The fourth-order valence-electron chi connectivity index (χ4n) is 4.12. The molecule has 0 aliphatic carbocycles. The molecule has 9 heteroatoms. The Morgan fingerprint density at radius 2 is 1.75 bits per heavy atom. The van der Waals surface area contributed by atoms with E-state index in [2.05, 4.69) is 15.2 Å². The Morgan fingerprint density at radius 1 is 1.00 bits per heavy atom. The van der Waals surface area contributed by atoms with Gasteiger partial charge in [-0.3, -0.25) is 15.2 Å². The molecule has 2 aromatic carbocycles. The first-order valence-corrected chi connectivity index (χ1v) is 12.0. The van der Waals surface area contributed by atoms with Gasteiger partial charge in [0.1, 0.15) is 11.5 Å². The molecule has 1 amide bonds. The molecule has 0 radical (unpaired) electrons. The van der Waals surface area contributed by atoms with E-state index < -0.39 is 6.09 Å². The predicted molar refractivity (Wildman–Crippen MR) is 138 cm³/mol. The number of methoxy groups -OCH3 is 2. The van der Waals surface area contributed by atoms with Crippen molar-refractivity contribution in [2.75, 3.05) is 59.0 Å². The Labute approximate surface area is 211 Å². The predicted octanol–water partition coefficient (Wildman–Crippen LogP) is 4.93. The molecule has 1 aliphatic heterocycles. The maximum Gasteiger partial charge on any atom is 0.411 e. The van der Waals surface area contributed by atoms with E-state index in [1.165, 1.54) is 0 Å². The standard InChI is InChI=1S/C27H33N3O6/c1-18-19(2)23(36-24-8-9-28-22-17-26(33-4)25(32-3)16-20(22)24)7-6-21(18)29-27(31)35-13-5-10-30-11-14-34-15-12-30/h6-9,16-17H,5,10-15H2,1-4H3,(H,29,31). The monoisotopic (exact) mass is 495 g/mol. The molecule has 36 heavy (non-hydrogen) atoms. The van der Waals surface area contributed by atoms with Crippen LogP contribution in [0, 0.1) is 13.8 Å².